The first-order valence-electron chi connectivity index (χ1n) is 11.4. The number of pyridine rings is 2. The lowest BCUT2D eigenvalue weighted by atomic mass is 10.1. The zero-order valence-electron chi connectivity index (χ0n) is 20.0. The number of amides is 1. The Morgan fingerprint density at radius 3 is 2.87 bits per heavy atom. The molecule has 38 heavy (non-hydrogen) atoms. The number of ether oxygens (including phenoxy) is 2. The van der Waals surface area contributed by atoms with Crippen LogP contribution >= 0.6 is 11.6 Å². The molecule has 14 heteroatoms. The number of rotatable bonds is 8. The van der Waals surface area contributed by atoms with Crippen LogP contribution in [0, 0.1) is 0 Å². The van der Waals surface area contributed by atoms with Crippen LogP contribution in [0.2, 0.25) is 5.02 Å². The number of carbonyl (C=O) groups excluding carboxylic acids is 1. The normalized spacial score (nSPS) is 20.8. The zero-order valence-corrected chi connectivity index (χ0v) is 20.8. The second kappa shape index (κ2) is 10.7. The van der Waals surface area contributed by atoms with Crippen molar-refractivity contribution in [3.05, 3.63) is 66.6 Å². The van der Waals surface area contributed by atoms with Gasteiger partial charge in [-0.15, -0.1) is 0 Å². The Morgan fingerprint density at radius 2 is 2.11 bits per heavy atom. The largest absolute Gasteiger partial charge is 0.497 e. The first kappa shape index (κ1) is 25.5. The molecular weight excluding hydrogens is 516 g/mol. The SMILES string of the molecule is C=CNC(=O)[C@H]1O[C@@H](n2cnc3c(NCc4cc(OC)ccn4)nc(-c4cncc(Cl)c4)nc32)[C@H](O)[C@@H]1O. The monoisotopic (exact) mass is 538 g/mol. The van der Waals surface area contributed by atoms with Gasteiger partial charge < -0.3 is 30.3 Å². The summed E-state index contributed by atoms with van der Waals surface area (Å²) < 4.78 is 12.4. The van der Waals surface area contributed by atoms with Crippen LogP contribution in [-0.2, 0) is 16.1 Å². The lowest BCUT2D eigenvalue weighted by Gasteiger charge is -2.17. The molecule has 0 saturated carbocycles. The molecule has 0 unspecified atom stereocenters. The van der Waals surface area contributed by atoms with Gasteiger partial charge in [0.15, 0.2) is 35.1 Å². The van der Waals surface area contributed by atoms with Crippen LogP contribution < -0.4 is 15.4 Å². The van der Waals surface area contributed by atoms with Crippen molar-refractivity contribution < 1.29 is 24.5 Å². The maximum Gasteiger partial charge on any atom is 0.255 e. The second-order valence-corrected chi connectivity index (χ2v) is 8.73. The number of carbonyl (C=O) groups is 1. The van der Waals surface area contributed by atoms with Gasteiger partial charge in [0.25, 0.3) is 5.91 Å². The van der Waals surface area contributed by atoms with Gasteiger partial charge >= 0.3 is 0 Å². The number of halogens is 1. The lowest BCUT2D eigenvalue weighted by molar-refractivity contribution is -0.136. The molecule has 1 amide bonds. The maximum absolute atomic E-state index is 12.3. The Kier molecular flexibility index (Phi) is 7.15. The van der Waals surface area contributed by atoms with Crippen LogP contribution in [0.3, 0.4) is 0 Å². The fourth-order valence-electron chi connectivity index (χ4n) is 4.03. The molecule has 1 fully saturated rings. The molecule has 0 bridgehead atoms. The van der Waals surface area contributed by atoms with E-state index in [2.05, 4.69) is 42.1 Å². The minimum absolute atomic E-state index is 0.268. The molecule has 1 aliphatic rings. The highest BCUT2D eigenvalue weighted by molar-refractivity contribution is 6.30. The minimum atomic E-state index is -1.49. The number of nitrogens with one attached hydrogen (secondary N) is 2. The average Bonchev–Trinajstić information content (AvgIpc) is 3.48. The molecule has 1 saturated heterocycles. The van der Waals surface area contributed by atoms with Gasteiger partial charge in [-0.3, -0.25) is 19.3 Å². The third kappa shape index (κ3) is 4.87. The van der Waals surface area contributed by atoms with Crippen molar-refractivity contribution in [3.63, 3.8) is 0 Å². The smallest absolute Gasteiger partial charge is 0.255 e. The highest BCUT2D eigenvalue weighted by Crippen LogP contribution is 2.34. The van der Waals surface area contributed by atoms with E-state index in [1.807, 2.05) is 0 Å². The Bertz CT molecular complexity index is 1500. The highest BCUT2D eigenvalue weighted by Gasteiger charge is 2.47. The van der Waals surface area contributed by atoms with Crippen LogP contribution in [0.1, 0.15) is 11.9 Å². The number of aliphatic hydroxyl groups excluding tert-OH is 2. The summed E-state index contributed by atoms with van der Waals surface area (Å²) in [6.45, 7) is 3.72. The third-order valence-electron chi connectivity index (χ3n) is 5.86. The molecule has 5 rings (SSSR count). The van der Waals surface area contributed by atoms with Gasteiger partial charge in [0.1, 0.15) is 18.0 Å². The van der Waals surface area contributed by atoms with Gasteiger partial charge in [-0.1, -0.05) is 18.2 Å². The van der Waals surface area contributed by atoms with E-state index in [1.165, 1.54) is 23.3 Å². The summed E-state index contributed by atoms with van der Waals surface area (Å²) >= 11 is 6.15. The second-order valence-electron chi connectivity index (χ2n) is 8.29. The highest BCUT2D eigenvalue weighted by atomic mass is 35.5. The molecule has 4 aromatic rings. The van der Waals surface area contributed by atoms with Crippen molar-refractivity contribution in [3.8, 4) is 17.1 Å². The predicted octanol–water partition coefficient (Wildman–Crippen LogP) is 1.44. The van der Waals surface area contributed by atoms with Gasteiger partial charge in [0.2, 0.25) is 0 Å². The number of imidazole rings is 1. The van der Waals surface area contributed by atoms with Gasteiger partial charge in [0.05, 0.1) is 30.7 Å². The molecule has 4 aromatic heterocycles. The lowest BCUT2D eigenvalue weighted by Crippen LogP contribution is -2.40. The molecule has 1 aliphatic heterocycles. The Balaban J connectivity index is 1.56. The number of methoxy groups -OCH3 is 1. The molecular formula is C24H23ClN8O5. The first-order valence-corrected chi connectivity index (χ1v) is 11.8. The van der Waals surface area contributed by atoms with Gasteiger partial charge in [0, 0.05) is 30.2 Å². The van der Waals surface area contributed by atoms with Crippen LogP contribution in [0.5, 0.6) is 5.75 Å². The van der Waals surface area contributed by atoms with E-state index in [1.54, 1.807) is 37.7 Å². The van der Waals surface area contributed by atoms with E-state index in [-0.39, 0.29) is 18.0 Å². The number of anilines is 1. The van der Waals surface area contributed by atoms with E-state index >= 15 is 0 Å². The third-order valence-corrected chi connectivity index (χ3v) is 6.07. The van der Waals surface area contributed by atoms with E-state index < -0.39 is 30.4 Å². The van der Waals surface area contributed by atoms with Crippen molar-refractivity contribution >= 4 is 34.5 Å². The number of fused-ring (bicyclic) bond motifs is 1. The Morgan fingerprint density at radius 1 is 1.26 bits per heavy atom. The topological polar surface area (TPSA) is 169 Å². The van der Waals surface area contributed by atoms with Crippen LogP contribution in [0.4, 0.5) is 5.82 Å². The number of nitrogens with zero attached hydrogens (tertiary/aromatic N) is 6. The van der Waals surface area contributed by atoms with Gasteiger partial charge in [-0.2, -0.15) is 0 Å². The molecule has 5 heterocycles. The van der Waals surface area contributed by atoms with Crippen molar-refractivity contribution in [2.75, 3.05) is 12.4 Å². The summed E-state index contributed by atoms with van der Waals surface area (Å²) in [6, 6.07) is 5.18. The minimum Gasteiger partial charge on any atom is -0.497 e. The zero-order chi connectivity index (χ0) is 26.8. The summed E-state index contributed by atoms with van der Waals surface area (Å²) in [5.41, 5.74) is 1.86. The first-order chi connectivity index (χ1) is 18.4. The number of aliphatic hydroxyl groups is 2. The van der Waals surface area contributed by atoms with Crippen LogP contribution in [-0.4, -0.2) is 71.0 Å². The van der Waals surface area contributed by atoms with Crippen LogP contribution in [0.25, 0.3) is 22.6 Å². The Labute approximate surface area is 221 Å². The molecule has 196 valence electrons. The average molecular weight is 539 g/mol. The van der Waals surface area contributed by atoms with Crippen molar-refractivity contribution in [1.82, 2.24) is 34.8 Å². The number of aromatic nitrogens is 6. The van der Waals surface area contributed by atoms with Crippen molar-refractivity contribution in [1.29, 1.82) is 0 Å². The molecule has 13 nitrogen and oxygen atoms in total. The van der Waals surface area contributed by atoms with Crippen molar-refractivity contribution in [2.24, 2.45) is 0 Å². The summed E-state index contributed by atoms with van der Waals surface area (Å²) in [5, 5.41) is 27.2. The Hall–Kier alpha value is -4.17. The van der Waals surface area contributed by atoms with E-state index in [4.69, 9.17) is 21.1 Å². The fourth-order valence-corrected chi connectivity index (χ4v) is 4.21. The van der Waals surface area contributed by atoms with Gasteiger partial charge in [-0.25, -0.2) is 15.0 Å². The number of hydrogen-bond acceptors (Lipinski definition) is 11. The summed E-state index contributed by atoms with van der Waals surface area (Å²) in [4.78, 5) is 34.4. The summed E-state index contributed by atoms with van der Waals surface area (Å²) in [7, 11) is 1.57. The summed E-state index contributed by atoms with van der Waals surface area (Å²) in [6.07, 6.45) is 1.79. The molecule has 0 aliphatic carbocycles. The van der Waals surface area contributed by atoms with Crippen molar-refractivity contribution in [2.45, 2.75) is 31.1 Å². The molecule has 0 spiro atoms. The molecule has 0 radical (unpaired) electrons. The number of hydrogen-bond donors (Lipinski definition) is 4. The molecule has 4 N–H and O–H groups in total. The molecule has 0 aromatic carbocycles. The quantitative estimate of drug-likeness (QED) is 0.256. The molecule has 4 atom stereocenters. The van der Waals surface area contributed by atoms with E-state index in [0.29, 0.717) is 33.4 Å². The summed E-state index contributed by atoms with van der Waals surface area (Å²) in [5.74, 6) is 0.638. The fraction of sp³-hybridized carbons (Fsp3) is 0.250. The van der Waals surface area contributed by atoms with E-state index in [0.717, 1.165) is 0 Å². The predicted molar refractivity (Wildman–Crippen MR) is 136 cm³/mol. The van der Waals surface area contributed by atoms with Gasteiger partial charge in [-0.05, 0) is 18.3 Å². The van der Waals surface area contributed by atoms with Crippen LogP contribution in [0.15, 0.2) is 55.9 Å². The van der Waals surface area contributed by atoms with E-state index in [9.17, 15) is 15.0 Å². The standard InChI is InChI=1S/C24H23ClN8O5/c1-3-27-23(36)19-17(34)18(35)24(38-19)33-11-30-16-21(29-10-14-7-15(37-2)4-5-28-14)31-20(32-22(16)33)12-6-13(25)9-26-8-12/h3-9,11,17-19,24,34-35H,1,10H2,2H3,(H,27,36)(H,29,31,32)/t17-,18+,19-,24+/m0/s1. The maximum atomic E-state index is 12.3.